The Morgan fingerprint density at radius 3 is 2.29 bits per heavy atom. The van der Waals surface area contributed by atoms with E-state index >= 15 is 0 Å². The predicted octanol–water partition coefficient (Wildman–Crippen LogP) is 3.05. The van der Waals surface area contributed by atoms with Crippen LogP contribution in [0.3, 0.4) is 0 Å². The van der Waals surface area contributed by atoms with Crippen molar-refractivity contribution >= 4 is 0 Å². The molecule has 0 aromatic carbocycles. The Hall–Kier alpha value is -0.0400. The number of rotatable bonds is 0. The first-order valence-corrected chi connectivity index (χ1v) is 6.11. The Balaban J connectivity index is 1.98. The van der Waals surface area contributed by atoms with Crippen LogP contribution in [-0.2, 0) is 0 Å². The second kappa shape index (κ2) is 2.21. The molecular weight excluding hydrogens is 170 g/mol. The highest BCUT2D eigenvalue weighted by Gasteiger charge is 2.63. The molecule has 1 nitrogen and oxygen atoms in total. The van der Waals surface area contributed by atoms with Gasteiger partial charge in [-0.3, -0.25) is 4.90 Å². The molecule has 4 rings (SSSR count). The molecule has 1 saturated carbocycles. The third-order valence-electron chi connectivity index (χ3n) is 4.80. The third kappa shape index (κ3) is 0.997. The average Bonchev–Trinajstić information content (AvgIpc) is 2.33. The summed E-state index contributed by atoms with van der Waals surface area (Å²) in [5, 5.41) is 0. The molecule has 3 aliphatic heterocycles. The standard InChI is InChI=1S/C13H23N/c1-11(2)8-12(3,4)14-7-10-5-13(14,6-10)9-11/h10H,5-9H2,1-4H3. The summed E-state index contributed by atoms with van der Waals surface area (Å²) in [5.41, 5.74) is 1.65. The van der Waals surface area contributed by atoms with E-state index in [1.807, 2.05) is 0 Å². The van der Waals surface area contributed by atoms with E-state index < -0.39 is 0 Å². The van der Waals surface area contributed by atoms with Crippen LogP contribution in [0, 0.1) is 11.3 Å². The number of hydrogen-bond donors (Lipinski definition) is 0. The molecule has 3 heterocycles. The van der Waals surface area contributed by atoms with Crippen molar-refractivity contribution in [3.63, 3.8) is 0 Å². The van der Waals surface area contributed by atoms with Crippen LogP contribution < -0.4 is 0 Å². The van der Waals surface area contributed by atoms with Gasteiger partial charge in [-0.2, -0.15) is 0 Å². The minimum atomic E-state index is 0.451. The Bertz CT molecular complexity index is 271. The van der Waals surface area contributed by atoms with Crippen LogP contribution in [0.2, 0.25) is 0 Å². The summed E-state index contributed by atoms with van der Waals surface area (Å²) in [7, 11) is 0. The van der Waals surface area contributed by atoms with Crippen LogP contribution in [0.4, 0.5) is 0 Å². The third-order valence-corrected chi connectivity index (χ3v) is 4.80. The topological polar surface area (TPSA) is 3.24 Å². The summed E-state index contributed by atoms with van der Waals surface area (Å²) < 4.78 is 0. The Kier molecular flexibility index (Phi) is 1.45. The minimum Gasteiger partial charge on any atom is -0.292 e. The lowest BCUT2D eigenvalue weighted by Crippen LogP contribution is -2.61. The van der Waals surface area contributed by atoms with Gasteiger partial charge in [-0.1, -0.05) is 13.8 Å². The van der Waals surface area contributed by atoms with Gasteiger partial charge in [0.05, 0.1) is 0 Å². The molecule has 1 spiro atoms. The van der Waals surface area contributed by atoms with Crippen molar-refractivity contribution in [2.45, 2.75) is 64.5 Å². The van der Waals surface area contributed by atoms with Crippen LogP contribution in [0.25, 0.3) is 0 Å². The van der Waals surface area contributed by atoms with Crippen molar-refractivity contribution in [1.29, 1.82) is 0 Å². The van der Waals surface area contributed by atoms with Crippen LogP contribution >= 0.6 is 0 Å². The van der Waals surface area contributed by atoms with E-state index in [2.05, 4.69) is 32.6 Å². The van der Waals surface area contributed by atoms with Gasteiger partial charge in [0, 0.05) is 17.6 Å². The molecule has 1 aliphatic carbocycles. The molecule has 2 bridgehead atoms. The fourth-order valence-electron chi connectivity index (χ4n) is 5.17. The molecule has 0 amide bonds. The van der Waals surface area contributed by atoms with Crippen molar-refractivity contribution < 1.29 is 0 Å². The highest BCUT2D eigenvalue weighted by Crippen LogP contribution is 2.62. The van der Waals surface area contributed by atoms with Gasteiger partial charge in [0.15, 0.2) is 0 Å². The number of piperidine rings is 1. The van der Waals surface area contributed by atoms with Gasteiger partial charge in [-0.15, -0.1) is 0 Å². The van der Waals surface area contributed by atoms with Crippen molar-refractivity contribution in [1.82, 2.24) is 4.90 Å². The van der Waals surface area contributed by atoms with Crippen LogP contribution in [0.5, 0.6) is 0 Å². The monoisotopic (exact) mass is 193 g/mol. The average molecular weight is 193 g/mol. The van der Waals surface area contributed by atoms with Crippen LogP contribution in [0.1, 0.15) is 53.4 Å². The second-order valence-electron chi connectivity index (χ2n) is 7.44. The van der Waals surface area contributed by atoms with Crippen molar-refractivity contribution in [2.24, 2.45) is 11.3 Å². The molecule has 80 valence electrons. The van der Waals surface area contributed by atoms with Crippen molar-refractivity contribution in [3.8, 4) is 0 Å². The predicted molar refractivity (Wildman–Crippen MR) is 59.3 cm³/mol. The summed E-state index contributed by atoms with van der Waals surface area (Å²) in [4.78, 5) is 2.84. The Labute approximate surface area is 87.9 Å². The molecule has 0 radical (unpaired) electrons. The minimum absolute atomic E-state index is 0.451. The normalized spacial score (nSPS) is 48.4. The Morgan fingerprint density at radius 1 is 1.00 bits per heavy atom. The van der Waals surface area contributed by atoms with Gasteiger partial charge >= 0.3 is 0 Å². The summed E-state index contributed by atoms with van der Waals surface area (Å²) >= 11 is 0. The first kappa shape index (κ1) is 9.21. The zero-order valence-electron chi connectivity index (χ0n) is 10.1. The maximum absolute atomic E-state index is 2.84. The molecule has 0 aromatic rings. The summed E-state index contributed by atoms with van der Waals surface area (Å²) in [5.74, 6) is 1.04. The fourth-order valence-corrected chi connectivity index (χ4v) is 5.17. The van der Waals surface area contributed by atoms with E-state index in [1.165, 1.54) is 32.2 Å². The molecule has 4 fully saturated rings. The van der Waals surface area contributed by atoms with E-state index in [0.29, 0.717) is 16.5 Å². The first-order chi connectivity index (χ1) is 6.33. The fraction of sp³-hybridized carbons (Fsp3) is 1.00. The van der Waals surface area contributed by atoms with Gasteiger partial charge in [0.1, 0.15) is 0 Å². The summed E-state index contributed by atoms with van der Waals surface area (Å²) in [6.07, 6.45) is 5.81. The number of hydrogen-bond acceptors (Lipinski definition) is 1. The van der Waals surface area contributed by atoms with Gasteiger partial charge in [-0.05, 0) is 50.9 Å². The molecule has 3 saturated heterocycles. The quantitative estimate of drug-likeness (QED) is 0.571. The van der Waals surface area contributed by atoms with Crippen molar-refractivity contribution in [2.75, 3.05) is 6.54 Å². The zero-order chi connectivity index (χ0) is 10.2. The lowest BCUT2D eigenvalue weighted by atomic mass is 9.60. The van der Waals surface area contributed by atoms with E-state index in [4.69, 9.17) is 0 Å². The van der Waals surface area contributed by atoms with Crippen molar-refractivity contribution in [3.05, 3.63) is 0 Å². The molecule has 1 heteroatoms. The largest absolute Gasteiger partial charge is 0.292 e. The van der Waals surface area contributed by atoms with E-state index in [1.54, 1.807) is 0 Å². The smallest absolute Gasteiger partial charge is 0.0226 e. The molecule has 0 unspecified atom stereocenters. The van der Waals surface area contributed by atoms with Gasteiger partial charge in [0.2, 0.25) is 0 Å². The lowest BCUT2D eigenvalue weighted by molar-refractivity contribution is -0.0733. The maximum atomic E-state index is 2.84. The molecule has 0 aromatic heterocycles. The van der Waals surface area contributed by atoms with Gasteiger partial charge in [0.25, 0.3) is 0 Å². The van der Waals surface area contributed by atoms with Crippen LogP contribution in [0.15, 0.2) is 0 Å². The van der Waals surface area contributed by atoms with E-state index in [9.17, 15) is 0 Å². The molecule has 0 atom stereocenters. The molecule has 14 heavy (non-hydrogen) atoms. The molecule has 4 aliphatic rings. The van der Waals surface area contributed by atoms with E-state index in [0.717, 1.165) is 5.92 Å². The van der Waals surface area contributed by atoms with Gasteiger partial charge in [-0.25, -0.2) is 0 Å². The zero-order valence-corrected chi connectivity index (χ0v) is 10.1. The SMILES string of the molecule is CC1(C)CC(C)(C)N2CC3CC2(C3)C1. The van der Waals surface area contributed by atoms with E-state index in [-0.39, 0.29) is 0 Å². The molecular formula is C13H23N. The lowest BCUT2D eigenvalue weighted by Gasteiger charge is -2.58. The highest BCUT2D eigenvalue weighted by molar-refractivity contribution is 5.18. The summed E-state index contributed by atoms with van der Waals surface area (Å²) in [6, 6.07) is 0. The highest BCUT2D eigenvalue weighted by atomic mass is 15.3. The van der Waals surface area contributed by atoms with Gasteiger partial charge < -0.3 is 0 Å². The Morgan fingerprint density at radius 2 is 1.64 bits per heavy atom. The number of nitrogens with zero attached hydrogens (tertiary/aromatic N) is 1. The molecule has 0 N–H and O–H groups in total. The first-order valence-electron chi connectivity index (χ1n) is 6.11. The summed E-state index contributed by atoms with van der Waals surface area (Å²) in [6.45, 7) is 11.2. The van der Waals surface area contributed by atoms with Crippen LogP contribution in [-0.4, -0.2) is 22.5 Å². The second-order valence-corrected chi connectivity index (χ2v) is 7.44. The maximum Gasteiger partial charge on any atom is 0.0226 e.